The molecule has 0 radical (unpaired) electrons. The molecular weight excluding hydrogens is 1770 g/mol. The largest absolute Gasteiger partial charge is 0.515 e. The van der Waals surface area contributed by atoms with Crippen LogP contribution in [0.4, 0.5) is 0 Å². The van der Waals surface area contributed by atoms with Crippen LogP contribution >= 0.6 is 47.8 Å². The van der Waals surface area contributed by atoms with Gasteiger partial charge >= 0.3 is 23.9 Å². The maximum Gasteiger partial charge on any atom is 0.340 e. The van der Waals surface area contributed by atoms with E-state index in [0.29, 0.717) is 123 Å². The lowest BCUT2D eigenvalue weighted by molar-refractivity contribution is -0.137. The minimum Gasteiger partial charge on any atom is -0.515 e. The molecule has 0 bridgehead atoms. The molecule has 1 spiro atoms. The van der Waals surface area contributed by atoms with Crippen LogP contribution in [-0.2, 0) is 62.8 Å². The van der Waals surface area contributed by atoms with Gasteiger partial charge in [-0.05, 0) is 165 Å². The molecule has 5 aromatic rings. The fraction of sp³-hybridized carbons (Fsp3) is 0.516. The van der Waals surface area contributed by atoms with E-state index in [2.05, 4.69) is 47.8 Å². The standard InChI is InChI=1S/C93H115Br3O26/c1-86(2,33-15-36-89(7,94)83(108)118-62-24-27-68-73(102)53-65(31-42-97)116-75(68)55-62)79(104)20-12-39-92(115-51-50-113-47-46-111-44-45-112-48-49-114-59-61(101)58-99,40-13-21-80(105)87(3,4)34-16-37-90(8,95)84(109)119-63-25-28-69-74(103)54-66(32-43-98)117-76(69)56-63)41-14-22-81(106)88(5,6)35-17-38-91(9,96)85(110)120-64-26-30-72-78(57-64)121-77-52-60(100)23-29-71(77)93(72)70-19-11-10-18-67(70)82(107)122-93/h10-11,18-19,23-32,42-43,52-57,61,73-74,97-103H,12-17,20-22,33-41,44-51,58-59H2,1-9H3/b42-31+,43-32+. The molecule has 122 heavy (non-hydrogen) atoms. The van der Waals surface area contributed by atoms with Crippen LogP contribution in [0.5, 0.6) is 46.0 Å². The molecule has 4 aliphatic heterocycles. The molecule has 7 atom stereocenters. The summed E-state index contributed by atoms with van der Waals surface area (Å²) < 4.78 is 67.9. The predicted octanol–water partition coefficient (Wildman–Crippen LogP) is 17.3. The lowest BCUT2D eigenvalue weighted by Crippen LogP contribution is -2.36. The number of phenols is 1. The van der Waals surface area contributed by atoms with Crippen LogP contribution in [0.1, 0.15) is 228 Å². The van der Waals surface area contributed by atoms with E-state index in [1.807, 2.05) is 47.6 Å². The average Bonchev–Trinajstić information content (AvgIpc) is 1.54. The number of phenolic OH excluding ortho intramolecular Hbond substituents is 1. The quantitative estimate of drug-likeness (QED) is 0.00625. The van der Waals surface area contributed by atoms with E-state index in [0.717, 1.165) is 12.5 Å². The second-order valence-corrected chi connectivity index (χ2v) is 39.2. The Morgan fingerprint density at radius 2 is 0.852 bits per heavy atom. The van der Waals surface area contributed by atoms with Gasteiger partial charge in [-0.1, -0.05) is 127 Å². The van der Waals surface area contributed by atoms with Gasteiger partial charge in [0.2, 0.25) is 0 Å². The Kier molecular flexibility index (Phi) is 34.9. The van der Waals surface area contributed by atoms with Crippen LogP contribution in [-0.4, -0.2) is 168 Å². The highest BCUT2D eigenvalue weighted by molar-refractivity contribution is 9.10. The van der Waals surface area contributed by atoms with Crippen LogP contribution in [0.25, 0.3) is 0 Å². The monoisotopic (exact) mass is 1880 g/mol. The first kappa shape index (κ1) is 97.6. The van der Waals surface area contributed by atoms with Crippen molar-refractivity contribution in [2.24, 2.45) is 16.2 Å². The highest BCUT2D eigenvalue weighted by Gasteiger charge is 2.54. The number of aliphatic hydroxyl groups is 6. The van der Waals surface area contributed by atoms with Crippen LogP contribution in [0.15, 0.2) is 145 Å². The maximum absolute atomic E-state index is 14.7. The molecule has 5 aromatic carbocycles. The smallest absolute Gasteiger partial charge is 0.340 e. The Labute approximate surface area is 738 Å². The summed E-state index contributed by atoms with van der Waals surface area (Å²) in [5.41, 5.74) is -2.05. The van der Waals surface area contributed by atoms with Gasteiger partial charge in [0.05, 0.1) is 89.8 Å². The molecule has 9 rings (SSSR count). The lowest BCUT2D eigenvalue weighted by atomic mass is 9.77. The summed E-state index contributed by atoms with van der Waals surface area (Å²) in [6, 6.07) is 25.7. The first-order valence-corrected chi connectivity index (χ1v) is 43.8. The molecule has 664 valence electrons. The summed E-state index contributed by atoms with van der Waals surface area (Å²) in [7, 11) is 0. The van der Waals surface area contributed by atoms with Gasteiger partial charge in [0.25, 0.3) is 0 Å². The van der Waals surface area contributed by atoms with E-state index in [4.69, 9.17) is 61.9 Å². The van der Waals surface area contributed by atoms with Gasteiger partial charge in [-0.3, -0.25) is 28.8 Å². The zero-order chi connectivity index (χ0) is 88.9. The van der Waals surface area contributed by atoms with Gasteiger partial charge in [-0.15, -0.1) is 0 Å². The molecule has 7 unspecified atom stereocenters. The molecule has 0 saturated heterocycles. The second kappa shape index (κ2) is 43.6. The summed E-state index contributed by atoms with van der Waals surface area (Å²) in [5.74, 6) is -0.513. The van der Waals surface area contributed by atoms with Crippen LogP contribution in [0.3, 0.4) is 0 Å². The van der Waals surface area contributed by atoms with Gasteiger partial charge < -0.3 is 92.6 Å². The van der Waals surface area contributed by atoms with E-state index in [-0.39, 0.29) is 160 Å². The number of esters is 4. The van der Waals surface area contributed by atoms with Crippen molar-refractivity contribution in [3.8, 4) is 46.0 Å². The Balaban J connectivity index is 0.852. The Bertz CT molecular complexity index is 4460. The van der Waals surface area contributed by atoms with Crippen molar-refractivity contribution in [3.05, 3.63) is 179 Å². The number of rotatable bonds is 51. The van der Waals surface area contributed by atoms with E-state index in [9.17, 15) is 64.2 Å². The zero-order valence-electron chi connectivity index (χ0n) is 70.8. The number of benzene rings is 5. The molecule has 0 aromatic heterocycles. The van der Waals surface area contributed by atoms with Gasteiger partial charge in [-0.25, -0.2) is 4.79 Å². The van der Waals surface area contributed by atoms with E-state index < -0.39 is 89.2 Å². The number of ether oxygens (including phenoxy) is 12. The van der Waals surface area contributed by atoms with Crippen molar-refractivity contribution in [1.29, 1.82) is 0 Å². The molecule has 7 N–H and O–H groups in total. The highest BCUT2D eigenvalue weighted by Crippen LogP contribution is 2.57. The van der Waals surface area contributed by atoms with Crippen molar-refractivity contribution in [2.45, 2.75) is 220 Å². The van der Waals surface area contributed by atoms with Crippen molar-refractivity contribution in [1.82, 2.24) is 0 Å². The number of aromatic hydroxyl groups is 1. The minimum atomic E-state index is -1.41. The SMILES string of the molecule is CC(C)(CCCC(C)(Br)C(=O)Oc1ccc2c(c1)OC(/C=C/O)=CC2O)C(=O)CCCC(CCCC(=O)C(C)(C)CCCC(C)(Br)C(=O)Oc1ccc2c(c1)OC(/C=C/O)=CC2O)(CCCC(=O)C(C)(C)CCCC(C)(Br)C(=O)Oc1ccc2c(c1)Oc1cc(O)ccc1C21OC(=O)c2ccccc21)OCCOCCOCCOCCOCC(O)CO. The molecule has 0 aliphatic carbocycles. The normalized spacial score (nSPS) is 18.3. The van der Waals surface area contributed by atoms with E-state index >= 15 is 0 Å². The third kappa shape index (κ3) is 26.2. The van der Waals surface area contributed by atoms with Crippen molar-refractivity contribution in [3.63, 3.8) is 0 Å². The van der Waals surface area contributed by atoms with Gasteiger partial charge in [-0.2, -0.15) is 0 Å². The number of hydrogen-bond acceptors (Lipinski definition) is 26. The molecule has 0 amide bonds. The van der Waals surface area contributed by atoms with Gasteiger partial charge in [0.1, 0.15) is 106 Å². The van der Waals surface area contributed by atoms with Crippen LogP contribution in [0, 0.1) is 16.2 Å². The molecule has 4 heterocycles. The Morgan fingerprint density at radius 3 is 1.28 bits per heavy atom. The maximum atomic E-state index is 14.7. The minimum absolute atomic E-state index is 0.0132. The van der Waals surface area contributed by atoms with Gasteiger partial charge in [0, 0.05) is 99.7 Å². The number of fused-ring (bicyclic) bond motifs is 8. The lowest BCUT2D eigenvalue weighted by Gasteiger charge is -2.36. The van der Waals surface area contributed by atoms with E-state index in [1.54, 1.807) is 87.5 Å². The summed E-state index contributed by atoms with van der Waals surface area (Å²) in [5, 5.41) is 68.9. The topological polar surface area (TPSA) is 372 Å². The number of ketones is 3. The second-order valence-electron chi connectivity index (χ2n) is 33.9. The zero-order valence-corrected chi connectivity index (χ0v) is 75.5. The molecule has 0 saturated carbocycles. The summed E-state index contributed by atoms with van der Waals surface area (Å²) in [6.45, 7) is 17.7. The molecular formula is C93H115Br3O26. The first-order chi connectivity index (χ1) is 57.8. The number of alkyl halides is 3. The van der Waals surface area contributed by atoms with Crippen molar-refractivity contribution >= 4 is 89.0 Å². The Hall–Kier alpha value is -8.17. The number of halogens is 3. The number of allylic oxidation sites excluding steroid dienone is 2. The molecule has 26 nitrogen and oxygen atoms in total. The molecule has 0 fully saturated rings. The van der Waals surface area contributed by atoms with Crippen LogP contribution < -0.4 is 28.4 Å². The summed E-state index contributed by atoms with van der Waals surface area (Å²) in [4.78, 5) is 98.9. The fourth-order valence-electron chi connectivity index (χ4n) is 15.2. The summed E-state index contributed by atoms with van der Waals surface area (Å²) in [6.07, 6.45) is 10.2. The molecule has 29 heteroatoms. The molecule has 4 aliphatic rings. The van der Waals surface area contributed by atoms with Gasteiger partial charge in [0.15, 0.2) is 5.60 Å². The number of carbonyl (C=O) groups excluding carboxylic acids is 7. The third-order valence-electron chi connectivity index (χ3n) is 22.8. The van der Waals surface area contributed by atoms with Crippen LogP contribution in [0.2, 0.25) is 0 Å². The highest BCUT2D eigenvalue weighted by atomic mass is 79.9. The number of Topliss-reactive ketones (excluding diaryl/α,β-unsaturated/α-hetero) is 3. The third-order valence-corrected chi connectivity index (χ3v) is 24.9. The number of aliphatic hydroxyl groups excluding tert-OH is 6. The Morgan fingerprint density at radius 1 is 0.467 bits per heavy atom. The fourth-order valence-corrected chi connectivity index (χ4v) is 16.3. The first-order valence-electron chi connectivity index (χ1n) is 41.4. The van der Waals surface area contributed by atoms with E-state index in [1.165, 1.54) is 48.6 Å². The van der Waals surface area contributed by atoms with Crippen molar-refractivity contribution < 1.29 is 126 Å². The van der Waals surface area contributed by atoms with Crippen molar-refractivity contribution in [2.75, 3.05) is 66.1 Å². The average molecular weight is 1890 g/mol. The number of carbonyl (C=O) groups is 7. The number of hydrogen-bond donors (Lipinski definition) is 7. The predicted molar refractivity (Wildman–Crippen MR) is 464 cm³/mol. The summed E-state index contributed by atoms with van der Waals surface area (Å²) >= 11 is 10.8.